The molecule has 0 unspecified atom stereocenters. The Hall–Kier alpha value is -1.35. The van der Waals surface area contributed by atoms with Crippen LogP contribution in [0.3, 0.4) is 0 Å². The highest BCUT2D eigenvalue weighted by Crippen LogP contribution is 2.12. The summed E-state index contributed by atoms with van der Waals surface area (Å²) in [7, 11) is -3.42. The van der Waals surface area contributed by atoms with Gasteiger partial charge in [0.1, 0.15) is 0 Å². The Morgan fingerprint density at radius 3 is 2.30 bits per heavy atom. The fourth-order valence-electron chi connectivity index (χ4n) is 2.52. The van der Waals surface area contributed by atoms with E-state index >= 15 is 0 Å². The van der Waals surface area contributed by atoms with Crippen molar-refractivity contribution < 1.29 is 22.7 Å². The molecule has 23 heavy (non-hydrogen) atoms. The molecule has 8 nitrogen and oxygen atoms in total. The summed E-state index contributed by atoms with van der Waals surface area (Å²) in [5.74, 6) is -0.321. The first-order valence-electron chi connectivity index (χ1n) is 7.83. The van der Waals surface area contributed by atoms with Gasteiger partial charge in [-0.3, -0.25) is 4.79 Å². The molecule has 9 heteroatoms. The molecule has 0 spiro atoms. The van der Waals surface area contributed by atoms with Gasteiger partial charge in [-0.05, 0) is 33.6 Å². The highest BCUT2D eigenvalue weighted by atomic mass is 32.2. The van der Waals surface area contributed by atoms with E-state index in [1.807, 2.05) is 0 Å². The van der Waals surface area contributed by atoms with E-state index < -0.39 is 10.0 Å². The number of nitrogens with one attached hydrogen (secondary N) is 1. The maximum absolute atomic E-state index is 12.1. The maximum atomic E-state index is 12.1. The second-order valence-electron chi connectivity index (χ2n) is 5.93. The molecule has 0 bridgehead atoms. The summed E-state index contributed by atoms with van der Waals surface area (Å²) >= 11 is 0. The number of piperidine rings is 1. The molecule has 1 N–H and O–H groups in total. The predicted molar refractivity (Wildman–Crippen MR) is 86.4 cm³/mol. The predicted octanol–water partition coefficient (Wildman–Crippen LogP) is 0.394. The normalized spacial score (nSPS) is 16.7. The Kier molecular flexibility index (Phi) is 7.27. The smallest absolute Gasteiger partial charge is 0.409 e. The van der Waals surface area contributed by atoms with Gasteiger partial charge >= 0.3 is 6.09 Å². The summed E-state index contributed by atoms with van der Waals surface area (Å²) in [5, 5.41) is 2.84. The number of rotatable bonds is 6. The van der Waals surface area contributed by atoms with Crippen molar-refractivity contribution in [3.63, 3.8) is 0 Å². The van der Waals surface area contributed by atoms with Crippen LogP contribution in [0, 0.1) is 0 Å². The number of carbonyl (C=O) groups is 2. The first-order chi connectivity index (χ1) is 10.6. The molecule has 0 aliphatic carbocycles. The molecule has 1 saturated heterocycles. The third-order valence-electron chi connectivity index (χ3n) is 3.69. The van der Waals surface area contributed by atoms with Gasteiger partial charge in [-0.1, -0.05) is 0 Å². The topological polar surface area (TPSA) is 96.0 Å². The standard InChI is InChI=1S/C14H27N3O5S/c1-5-22-14(19)16-8-6-12(7-9-16)15-13(18)10-17(11(2)3)23(4,20)21/h11-12H,5-10H2,1-4H3,(H,15,18). The fourth-order valence-corrected chi connectivity index (χ4v) is 3.64. The Bertz CT molecular complexity index is 513. The number of hydrogen-bond donors (Lipinski definition) is 1. The summed E-state index contributed by atoms with van der Waals surface area (Å²) in [5.41, 5.74) is 0. The van der Waals surface area contributed by atoms with Gasteiger partial charge in [0.2, 0.25) is 15.9 Å². The Balaban J connectivity index is 2.46. The van der Waals surface area contributed by atoms with Crippen LogP contribution in [0.2, 0.25) is 0 Å². The molecule has 0 atom stereocenters. The lowest BCUT2D eigenvalue weighted by Crippen LogP contribution is -2.50. The van der Waals surface area contributed by atoms with Crippen molar-refractivity contribution in [1.82, 2.24) is 14.5 Å². The minimum atomic E-state index is -3.42. The molecule has 134 valence electrons. The van der Waals surface area contributed by atoms with Gasteiger partial charge in [0.25, 0.3) is 0 Å². The van der Waals surface area contributed by atoms with Crippen molar-refractivity contribution in [3.05, 3.63) is 0 Å². The van der Waals surface area contributed by atoms with Crippen molar-refractivity contribution in [3.8, 4) is 0 Å². The summed E-state index contributed by atoms with van der Waals surface area (Å²) in [4.78, 5) is 25.3. The van der Waals surface area contributed by atoms with Crippen molar-refractivity contribution >= 4 is 22.0 Å². The summed E-state index contributed by atoms with van der Waals surface area (Å²) in [6.07, 6.45) is 2.02. The molecule has 0 aromatic rings. The lowest BCUT2D eigenvalue weighted by molar-refractivity contribution is -0.122. The minimum Gasteiger partial charge on any atom is -0.450 e. The third-order valence-corrected chi connectivity index (χ3v) is 5.09. The van der Waals surface area contributed by atoms with Crippen LogP contribution in [0.1, 0.15) is 33.6 Å². The van der Waals surface area contributed by atoms with E-state index in [9.17, 15) is 18.0 Å². The van der Waals surface area contributed by atoms with E-state index in [1.165, 1.54) is 0 Å². The molecule has 1 heterocycles. The zero-order valence-corrected chi connectivity index (χ0v) is 15.1. The number of carbonyl (C=O) groups excluding carboxylic acids is 2. The van der Waals surface area contributed by atoms with Crippen LogP contribution in [0.15, 0.2) is 0 Å². The summed E-state index contributed by atoms with van der Waals surface area (Å²) in [6.45, 7) is 6.40. The molecule has 0 saturated carbocycles. The van der Waals surface area contributed by atoms with E-state index in [0.29, 0.717) is 32.5 Å². The Labute approximate surface area is 138 Å². The first-order valence-corrected chi connectivity index (χ1v) is 9.67. The summed E-state index contributed by atoms with van der Waals surface area (Å²) in [6, 6.07) is -0.330. The van der Waals surface area contributed by atoms with Gasteiger partial charge in [0, 0.05) is 25.2 Å². The van der Waals surface area contributed by atoms with Gasteiger partial charge < -0.3 is 15.0 Å². The highest BCUT2D eigenvalue weighted by Gasteiger charge is 2.27. The van der Waals surface area contributed by atoms with Gasteiger partial charge in [-0.25, -0.2) is 13.2 Å². The first kappa shape index (κ1) is 19.7. The van der Waals surface area contributed by atoms with Crippen LogP contribution in [-0.4, -0.2) is 74.2 Å². The van der Waals surface area contributed by atoms with Gasteiger partial charge in [0.15, 0.2) is 0 Å². The molecule has 0 aromatic heterocycles. The molecule has 1 aliphatic rings. The molecule has 1 aliphatic heterocycles. The largest absolute Gasteiger partial charge is 0.450 e. The second-order valence-corrected chi connectivity index (χ2v) is 7.86. The quantitative estimate of drug-likeness (QED) is 0.748. The van der Waals surface area contributed by atoms with Crippen molar-refractivity contribution in [2.24, 2.45) is 0 Å². The Morgan fingerprint density at radius 2 is 1.87 bits per heavy atom. The van der Waals surface area contributed by atoms with Crippen molar-refractivity contribution in [2.75, 3.05) is 32.5 Å². The van der Waals surface area contributed by atoms with Crippen LogP contribution in [0.4, 0.5) is 4.79 Å². The average Bonchev–Trinajstić information content (AvgIpc) is 2.44. The fraction of sp³-hybridized carbons (Fsp3) is 0.857. The van der Waals surface area contributed by atoms with E-state index in [-0.39, 0.29) is 30.6 Å². The third kappa shape index (κ3) is 6.34. The number of nitrogens with zero attached hydrogens (tertiary/aromatic N) is 2. The van der Waals surface area contributed by atoms with Crippen LogP contribution in [-0.2, 0) is 19.6 Å². The van der Waals surface area contributed by atoms with E-state index in [2.05, 4.69) is 5.32 Å². The average molecular weight is 349 g/mol. The molecule has 2 amide bonds. The lowest BCUT2D eigenvalue weighted by Gasteiger charge is -2.32. The van der Waals surface area contributed by atoms with Crippen LogP contribution in [0.5, 0.6) is 0 Å². The minimum absolute atomic E-state index is 0.0539. The van der Waals surface area contributed by atoms with Gasteiger partial charge in [-0.15, -0.1) is 0 Å². The molecule has 1 rings (SSSR count). The second kappa shape index (κ2) is 8.49. The lowest BCUT2D eigenvalue weighted by atomic mass is 10.1. The highest BCUT2D eigenvalue weighted by molar-refractivity contribution is 7.88. The van der Waals surface area contributed by atoms with E-state index in [4.69, 9.17) is 4.74 Å². The molecule has 1 fully saturated rings. The maximum Gasteiger partial charge on any atom is 0.409 e. The molecular weight excluding hydrogens is 322 g/mol. The van der Waals surface area contributed by atoms with E-state index in [0.717, 1.165) is 10.6 Å². The summed E-state index contributed by atoms with van der Waals surface area (Å²) < 4.78 is 29.4. The van der Waals surface area contributed by atoms with Crippen molar-refractivity contribution in [2.45, 2.75) is 45.7 Å². The van der Waals surface area contributed by atoms with Crippen LogP contribution < -0.4 is 5.32 Å². The Morgan fingerprint density at radius 1 is 1.30 bits per heavy atom. The number of amides is 2. The van der Waals surface area contributed by atoms with Crippen LogP contribution >= 0.6 is 0 Å². The number of ether oxygens (including phenoxy) is 1. The zero-order chi connectivity index (χ0) is 17.6. The zero-order valence-electron chi connectivity index (χ0n) is 14.2. The van der Waals surface area contributed by atoms with Gasteiger partial charge in [-0.2, -0.15) is 4.31 Å². The molecule has 0 aromatic carbocycles. The molecular formula is C14H27N3O5S. The number of likely N-dealkylation sites (tertiary alicyclic amines) is 1. The number of sulfonamides is 1. The number of hydrogen-bond acceptors (Lipinski definition) is 5. The SMILES string of the molecule is CCOC(=O)N1CCC(NC(=O)CN(C(C)C)S(C)(=O)=O)CC1. The van der Waals surface area contributed by atoms with Crippen LogP contribution in [0.25, 0.3) is 0 Å². The van der Waals surface area contributed by atoms with Gasteiger partial charge in [0.05, 0.1) is 19.4 Å². The van der Waals surface area contributed by atoms with E-state index in [1.54, 1.807) is 25.7 Å². The molecule has 0 radical (unpaired) electrons. The monoisotopic (exact) mass is 349 g/mol. The van der Waals surface area contributed by atoms with Crippen molar-refractivity contribution in [1.29, 1.82) is 0 Å².